The van der Waals surface area contributed by atoms with Crippen LogP contribution >= 0.6 is 0 Å². The number of nitrogens with one attached hydrogen (secondary N) is 1. The van der Waals surface area contributed by atoms with E-state index in [1.165, 1.54) is 0 Å². The smallest absolute Gasteiger partial charge is 0.337 e. The molecule has 3 N–H and O–H groups in total. The Labute approximate surface area is 105 Å². The largest absolute Gasteiger partial charge is 0.479 e. The predicted molar refractivity (Wildman–Crippen MR) is 66.2 cm³/mol. The second-order valence-corrected chi connectivity index (χ2v) is 4.52. The first-order valence-corrected chi connectivity index (χ1v) is 5.59. The molecule has 0 fully saturated rings. The molecule has 1 amide bonds. The highest BCUT2D eigenvalue weighted by Crippen LogP contribution is 2.05. The van der Waals surface area contributed by atoms with Crippen molar-refractivity contribution in [2.45, 2.75) is 25.9 Å². The molecule has 0 spiro atoms. The van der Waals surface area contributed by atoms with Gasteiger partial charge in [0.25, 0.3) is 0 Å². The van der Waals surface area contributed by atoms with E-state index in [4.69, 9.17) is 5.11 Å². The molecular weight excluding hydrogens is 234 g/mol. The number of aryl methyl sites for hydroxylation is 1. The molecule has 0 aliphatic carbocycles. The molecule has 18 heavy (non-hydrogen) atoms. The Balaban J connectivity index is 2.48. The van der Waals surface area contributed by atoms with E-state index >= 15 is 0 Å². The average Bonchev–Trinajstić information content (AvgIpc) is 2.29. The van der Waals surface area contributed by atoms with E-state index in [1.54, 1.807) is 0 Å². The molecule has 0 heterocycles. The van der Waals surface area contributed by atoms with Gasteiger partial charge in [-0.1, -0.05) is 29.8 Å². The molecule has 1 unspecified atom stereocenters. The van der Waals surface area contributed by atoms with Crippen molar-refractivity contribution < 1.29 is 19.8 Å². The lowest BCUT2D eigenvalue weighted by Gasteiger charge is -2.18. The molecule has 98 valence electrons. The Morgan fingerprint density at radius 3 is 2.33 bits per heavy atom. The van der Waals surface area contributed by atoms with Gasteiger partial charge in [-0.05, 0) is 19.4 Å². The number of carboxylic acid groups (broad SMARTS) is 1. The van der Waals surface area contributed by atoms with Crippen LogP contribution in [0.4, 0.5) is 0 Å². The number of aliphatic carboxylic acids is 1. The lowest BCUT2D eigenvalue weighted by atomic mass is 10.1. The zero-order chi connectivity index (χ0) is 13.8. The summed E-state index contributed by atoms with van der Waals surface area (Å²) in [6.07, 6.45) is 0.163. The normalized spacial score (nSPS) is 13.7. The third kappa shape index (κ3) is 4.18. The van der Waals surface area contributed by atoms with Gasteiger partial charge in [0.05, 0.1) is 13.0 Å². The molecule has 0 aliphatic heterocycles. The summed E-state index contributed by atoms with van der Waals surface area (Å²) in [5.74, 6) is -1.68. The number of amides is 1. The first-order chi connectivity index (χ1) is 8.31. The van der Waals surface area contributed by atoms with Crippen LogP contribution in [-0.2, 0) is 16.0 Å². The number of hydrogen-bond acceptors (Lipinski definition) is 3. The van der Waals surface area contributed by atoms with Gasteiger partial charge in [-0.25, -0.2) is 4.79 Å². The number of rotatable bonds is 5. The van der Waals surface area contributed by atoms with Crippen LogP contribution in [0.25, 0.3) is 0 Å². The summed E-state index contributed by atoms with van der Waals surface area (Å²) in [6.45, 7) is 2.78. The van der Waals surface area contributed by atoms with Crippen LogP contribution < -0.4 is 5.32 Å². The average molecular weight is 251 g/mol. The van der Waals surface area contributed by atoms with Gasteiger partial charge in [-0.2, -0.15) is 0 Å². The van der Waals surface area contributed by atoms with Gasteiger partial charge in [0.1, 0.15) is 0 Å². The Morgan fingerprint density at radius 1 is 1.28 bits per heavy atom. The summed E-state index contributed by atoms with van der Waals surface area (Å²) in [6, 6.07) is 7.47. The summed E-state index contributed by atoms with van der Waals surface area (Å²) >= 11 is 0. The summed E-state index contributed by atoms with van der Waals surface area (Å²) in [5.41, 5.74) is 0.00387. The van der Waals surface area contributed by atoms with Crippen molar-refractivity contribution in [3.63, 3.8) is 0 Å². The minimum absolute atomic E-state index is 0.163. The molecular formula is C13H17NO4. The van der Waals surface area contributed by atoms with Crippen molar-refractivity contribution in [2.75, 3.05) is 6.54 Å². The van der Waals surface area contributed by atoms with Gasteiger partial charge in [-0.3, -0.25) is 4.79 Å². The van der Waals surface area contributed by atoms with Gasteiger partial charge in [0, 0.05) is 0 Å². The van der Waals surface area contributed by atoms with Crippen molar-refractivity contribution in [3.8, 4) is 0 Å². The fourth-order valence-electron chi connectivity index (χ4n) is 1.30. The highest BCUT2D eigenvalue weighted by Gasteiger charge is 2.30. The summed E-state index contributed by atoms with van der Waals surface area (Å²) in [7, 11) is 0. The van der Waals surface area contributed by atoms with E-state index in [2.05, 4.69) is 5.32 Å². The minimum Gasteiger partial charge on any atom is -0.479 e. The Kier molecular flexibility index (Phi) is 4.44. The maximum atomic E-state index is 11.6. The third-order valence-electron chi connectivity index (χ3n) is 2.58. The van der Waals surface area contributed by atoms with E-state index < -0.39 is 11.6 Å². The van der Waals surface area contributed by atoms with Gasteiger partial charge < -0.3 is 15.5 Å². The van der Waals surface area contributed by atoms with Crippen LogP contribution in [0.2, 0.25) is 0 Å². The molecule has 0 radical (unpaired) electrons. The molecule has 1 rings (SSSR count). The van der Waals surface area contributed by atoms with E-state index in [1.807, 2.05) is 31.2 Å². The first kappa shape index (κ1) is 14.2. The summed E-state index contributed by atoms with van der Waals surface area (Å²) in [4.78, 5) is 22.2. The maximum absolute atomic E-state index is 11.6. The number of benzene rings is 1. The van der Waals surface area contributed by atoms with Crippen molar-refractivity contribution in [3.05, 3.63) is 35.4 Å². The molecule has 1 aromatic carbocycles. The molecule has 0 aromatic heterocycles. The first-order valence-electron chi connectivity index (χ1n) is 5.59. The molecule has 5 heteroatoms. The van der Waals surface area contributed by atoms with Crippen LogP contribution in [0, 0.1) is 6.92 Å². The Hall–Kier alpha value is -1.88. The van der Waals surface area contributed by atoms with Gasteiger partial charge >= 0.3 is 5.97 Å². The Morgan fingerprint density at radius 2 is 1.83 bits per heavy atom. The third-order valence-corrected chi connectivity index (χ3v) is 2.58. The topological polar surface area (TPSA) is 86.6 Å². The van der Waals surface area contributed by atoms with E-state index in [-0.39, 0.29) is 18.9 Å². The molecule has 0 saturated heterocycles. The van der Waals surface area contributed by atoms with Crippen LogP contribution in [0.15, 0.2) is 24.3 Å². The van der Waals surface area contributed by atoms with Crippen LogP contribution in [-0.4, -0.2) is 34.2 Å². The van der Waals surface area contributed by atoms with Gasteiger partial charge in [0.2, 0.25) is 5.91 Å². The number of aliphatic hydroxyl groups is 1. The molecule has 0 saturated carbocycles. The van der Waals surface area contributed by atoms with Crippen molar-refractivity contribution >= 4 is 11.9 Å². The predicted octanol–water partition coefficient (Wildman–Crippen LogP) is 0.489. The quantitative estimate of drug-likeness (QED) is 0.710. The number of carboxylic acids is 1. The van der Waals surface area contributed by atoms with Crippen LogP contribution in [0.1, 0.15) is 18.1 Å². The van der Waals surface area contributed by atoms with Crippen LogP contribution in [0.3, 0.4) is 0 Å². The second-order valence-electron chi connectivity index (χ2n) is 4.52. The molecule has 1 aromatic rings. The fourth-order valence-corrected chi connectivity index (χ4v) is 1.30. The maximum Gasteiger partial charge on any atom is 0.337 e. The van der Waals surface area contributed by atoms with Crippen molar-refractivity contribution in [2.24, 2.45) is 0 Å². The highest BCUT2D eigenvalue weighted by molar-refractivity contribution is 5.81. The number of carbonyl (C=O) groups excluding carboxylic acids is 1. The second kappa shape index (κ2) is 5.64. The van der Waals surface area contributed by atoms with Gasteiger partial charge in [-0.15, -0.1) is 0 Å². The zero-order valence-electron chi connectivity index (χ0n) is 10.4. The summed E-state index contributed by atoms with van der Waals surface area (Å²) < 4.78 is 0. The standard InChI is InChI=1S/C13H17NO4/c1-9-3-5-10(6-4-9)7-11(15)14-8-13(2,18)12(16)17/h3-6,18H,7-8H2,1-2H3,(H,14,15)(H,16,17). The van der Waals surface area contributed by atoms with Crippen molar-refractivity contribution in [1.82, 2.24) is 5.32 Å². The van der Waals surface area contributed by atoms with E-state index in [9.17, 15) is 14.7 Å². The van der Waals surface area contributed by atoms with E-state index in [0.717, 1.165) is 18.1 Å². The fraction of sp³-hybridized carbons (Fsp3) is 0.385. The van der Waals surface area contributed by atoms with Gasteiger partial charge in [0.15, 0.2) is 5.60 Å². The lowest BCUT2D eigenvalue weighted by Crippen LogP contribution is -2.46. The van der Waals surface area contributed by atoms with Crippen molar-refractivity contribution in [1.29, 1.82) is 0 Å². The minimum atomic E-state index is -1.94. The Bertz CT molecular complexity index is 437. The number of carbonyl (C=O) groups is 2. The zero-order valence-corrected chi connectivity index (χ0v) is 10.4. The summed E-state index contributed by atoms with van der Waals surface area (Å²) in [5, 5.41) is 20.5. The molecule has 0 aliphatic rings. The lowest BCUT2D eigenvalue weighted by molar-refractivity contribution is -0.156. The molecule has 1 atom stereocenters. The van der Waals surface area contributed by atoms with E-state index in [0.29, 0.717) is 0 Å². The number of hydrogen-bond donors (Lipinski definition) is 3. The van der Waals surface area contributed by atoms with Crippen LogP contribution in [0.5, 0.6) is 0 Å². The highest BCUT2D eigenvalue weighted by atomic mass is 16.4. The SMILES string of the molecule is Cc1ccc(CC(=O)NCC(C)(O)C(=O)O)cc1. The molecule has 5 nitrogen and oxygen atoms in total. The monoisotopic (exact) mass is 251 g/mol. The molecule has 0 bridgehead atoms.